The lowest BCUT2D eigenvalue weighted by atomic mass is 10.1. The third-order valence-corrected chi connectivity index (χ3v) is 7.22. The molecule has 0 saturated carbocycles. The predicted octanol–water partition coefficient (Wildman–Crippen LogP) is 4.16. The highest BCUT2D eigenvalue weighted by Crippen LogP contribution is 2.35. The fourth-order valence-electron chi connectivity index (χ4n) is 3.61. The van der Waals surface area contributed by atoms with Gasteiger partial charge >= 0.3 is 0 Å². The maximum atomic E-state index is 13.5. The molecule has 3 rings (SSSR count). The molecule has 0 aliphatic heterocycles. The molecule has 31 heavy (non-hydrogen) atoms. The van der Waals surface area contributed by atoms with Crippen LogP contribution in [0, 0.1) is 13.8 Å². The van der Waals surface area contributed by atoms with E-state index in [1.165, 1.54) is 0 Å². The molecule has 1 amide bonds. The van der Waals surface area contributed by atoms with E-state index in [2.05, 4.69) is 5.32 Å². The van der Waals surface area contributed by atoms with Gasteiger partial charge in [-0.3, -0.25) is 4.79 Å². The van der Waals surface area contributed by atoms with Gasteiger partial charge in [0.15, 0.2) is 0 Å². The van der Waals surface area contributed by atoms with Crippen molar-refractivity contribution in [1.82, 2.24) is 4.57 Å². The fourth-order valence-corrected chi connectivity index (χ4v) is 5.33. The molecule has 0 aliphatic rings. The van der Waals surface area contributed by atoms with E-state index >= 15 is 0 Å². The van der Waals surface area contributed by atoms with Gasteiger partial charge in [0.1, 0.15) is 10.7 Å². The second kappa shape index (κ2) is 9.94. The highest BCUT2D eigenvalue weighted by molar-refractivity contribution is 7.91. The summed E-state index contributed by atoms with van der Waals surface area (Å²) in [6, 6.07) is 17.7. The average Bonchev–Trinajstić information content (AvgIpc) is 3.00. The molecule has 1 N–H and O–H groups in total. The normalized spacial score (nSPS) is 11.5. The zero-order valence-electron chi connectivity index (χ0n) is 18.1. The van der Waals surface area contributed by atoms with E-state index in [0.29, 0.717) is 31.0 Å². The summed E-state index contributed by atoms with van der Waals surface area (Å²) in [4.78, 5) is 13.2. The molecule has 3 aromatic rings. The number of sulfone groups is 1. The number of ether oxygens (including phenoxy) is 1. The van der Waals surface area contributed by atoms with Crippen LogP contribution in [0.25, 0.3) is 0 Å². The first-order valence-corrected chi connectivity index (χ1v) is 11.7. The Balaban J connectivity index is 2.05. The number of rotatable bonds is 9. The molecule has 1 heterocycles. The summed E-state index contributed by atoms with van der Waals surface area (Å²) in [6.07, 6.45) is 0.852. The van der Waals surface area contributed by atoms with Crippen molar-refractivity contribution >= 4 is 21.6 Å². The Labute approximate surface area is 183 Å². The third-order valence-electron chi connectivity index (χ3n) is 5.29. The lowest BCUT2D eigenvalue weighted by Gasteiger charge is -2.14. The van der Waals surface area contributed by atoms with Crippen molar-refractivity contribution < 1.29 is 17.9 Å². The average molecular weight is 441 g/mol. The number of benzene rings is 2. The number of nitrogens with zero attached hydrogens (tertiary/aromatic N) is 1. The van der Waals surface area contributed by atoms with Gasteiger partial charge in [0, 0.05) is 26.0 Å². The largest absolute Gasteiger partial charge is 0.385 e. The predicted molar refractivity (Wildman–Crippen MR) is 121 cm³/mol. The van der Waals surface area contributed by atoms with Gasteiger partial charge in [-0.05, 0) is 43.5 Å². The zero-order chi connectivity index (χ0) is 22.4. The number of carbonyl (C=O) groups excluding carboxylic acids is 1. The van der Waals surface area contributed by atoms with Crippen molar-refractivity contribution in [3.63, 3.8) is 0 Å². The van der Waals surface area contributed by atoms with E-state index in [-0.39, 0.29) is 22.1 Å². The summed E-state index contributed by atoms with van der Waals surface area (Å²) in [5.74, 6) is 0.0529. The monoisotopic (exact) mass is 440 g/mol. The zero-order valence-corrected chi connectivity index (χ0v) is 18.9. The van der Waals surface area contributed by atoms with E-state index in [1.807, 2.05) is 41.8 Å². The van der Waals surface area contributed by atoms with E-state index in [9.17, 15) is 13.2 Å². The Hall–Kier alpha value is -2.90. The van der Waals surface area contributed by atoms with Gasteiger partial charge in [-0.1, -0.05) is 48.5 Å². The van der Waals surface area contributed by atoms with Gasteiger partial charge in [-0.25, -0.2) is 8.42 Å². The summed E-state index contributed by atoms with van der Waals surface area (Å²) >= 11 is 0. The van der Waals surface area contributed by atoms with Crippen molar-refractivity contribution in [2.45, 2.75) is 43.0 Å². The number of aromatic nitrogens is 1. The molecule has 2 aromatic carbocycles. The van der Waals surface area contributed by atoms with Crippen LogP contribution in [0.4, 0.5) is 5.82 Å². The summed E-state index contributed by atoms with van der Waals surface area (Å²) in [5, 5.41) is 2.90. The highest BCUT2D eigenvalue weighted by Gasteiger charge is 2.30. The molecule has 164 valence electrons. The summed E-state index contributed by atoms with van der Waals surface area (Å²) in [6.45, 7) is 4.73. The van der Waals surface area contributed by atoms with Crippen molar-refractivity contribution in [3.05, 3.63) is 77.5 Å². The Morgan fingerprint density at radius 2 is 1.61 bits per heavy atom. The molecular formula is C24H28N2O4S. The molecule has 0 bridgehead atoms. The van der Waals surface area contributed by atoms with Gasteiger partial charge < -0.3 is 14.6 Å². The Morgan fingerprint density at radius 3 is 2.23 bits per heavy atom. The topological polar surface area (TPSA) is 77.4 Å². The molecule has 0 radical (unpaired) electrons. The van der Waals surface area contributed by atoms with Crippen LogP contribution in [0.5, 0.6) is 0 Å². The lowest BCUT2D eigenvalue weighted by Crippen LogP contribution is -2.20. The number of anilines is 1. The smallest absolute Gasteiger partial charge is 0.229 e. The molecule has 0 unspecified atom stereocenters. The van der Waals surface area contributed by atoms with Crippen molar-refractivity contribution in [1.29, 1.82) is 0 Å². The van der Waals surface area contributed by atoms with Crippen LogP contribution in [0.2, 0.25) is 0 Å². The standard InChI is InChI=1S/C24H28N2O4S/c1-18-19(2)26(15-10-16-30-3)24(25-22(27)17-20-11-6-4-7-12-20)23(18)31(28,29)21-13-8-5-9-14-21/h4-9,11-14H,10,15-17H2,1-3H3,(H,25,27). The number of nitrogens with one attached hydrogen (secondary N) is 1. The van der Waals surface area contributed by atoms with E-state index in [0.717, 1.165) is 11.3 Å². The van der Waals surface area contributed by atoms with Crippen LogP contribution in [-0.2, 0) is 32.3 Å². The summed E-state index contributed by atoms with van der Waals surface area (Å²) in [5.41, 5.74) is 2.30. The first kappa shape index (κ1) is 22.8. The van der Waals surface area contributed by atoms with Crippen LogP contribution >= 0.6 is 0 Å². The van der Waals surface area contributed by atoms with Crippen LogP contribution in [-0.4, -0.2) is 32.6 Å². The third kappa shape index (κ3) is 5.06. The van der Waals surface area contributed by atoms with Gasteiger partial charge in [0.25, 0.3) is 0 Å². The van der Waals surface area contributed by atoms with Gasteiger partial charge in [0.05, 0.1) is 11.3 Å². The van der Waals surface area contributed by atoms with Crippen molar-refractivity contribution in [3.8, 4) is 0 Å². The maximum Gasteiger partial charge on any atom is 0.229 e. The maximum absolute atomic E-state index is 13.5. The Bertz CT molecular complexity index is 1140. The fraction of sp³-hybridized carbons (Fsp3) is 0.292. The SMILES string of the molecule is COCCCn1c(C)c(C)c(S(=O)(=O)c2ccccc2)c1NC(=O)Cc1ccccc1. The Morgan fingerprint density at radius 1 is 1.00 bits per heavy atom. The van der Waals surface area contributed by atoms with E-state index in [4.69, 9.17) is 4.74 Å². The number of carbonyl (C=O) groups is 1. The molecule has 0 aliphatic carbocycles. The molecule has 0 fully saturated rings. The lowest BCUT2D eigenvalue weighted by molar-refractivity contribution is -0.115. The van der Waals surface area contributed by atoms with Gasteiger partial charge in [0.2, 0.25) is 15.7 Å². The molecule has 0 spiro atoms. The first-order valence-electron chi connectivity index (χ1n) is 10.2. The van der Waals surface area contributed by atoms with Gasteiger partial charge in [-0.15, -0.1) is 0 Å². The number of hydrogen-bond acceptors (Lipinski definition) is 4. The van der Waals surface area contributed by atoms with Crippen LogP contribution in [0.1, 0.15) is 23.2 Å². The summed E-state index contributed by atoms with van der Waals surface area (Å²) in [7, 11) is -2.19. The van der Waals surface area contributed by atoms with Gasteiger partial charge in [-0.2, -0.15) is 0 Å². The number of amides is 1. The van der Waals surface area contributed by atoms with Crippen LogP contribution in [0.3, 0.4) is 0 Å². The molecule has 6 nitrogen and oxygen atoms in total. The van der Waals surface area contributed by atoms with Crippen molar-refractivity contribution in [2.75, 3.05) is 19.0 Å². The van der Waals surface area contributed by atoms with Crippen LogP contribution in [0.15, 0.2) is 70.5 Å². The number of methoxy groups -OCH3 is 1. The second-order valence-corrected chi connectivity index (χ2v) is 9.30. The second-order valence-electron chi connectivity index (χ2n) is 7.41. The van der Waals surface area contributed by atoms with E-state index < -0.39 is 9.84 Å². The highest BCUT2D eigenvalue weighted by atomic mass is 32.2. The van der Waals surface area contributed by atoms with Crippen LogP contribution < -0.4 is 5.32 Å². The minimum absolute atomic E-state index is 0.148. The first-order chi connectivity index (χ1) is 14.9. The minimum Gasteiger partial charge on any atom is -0.385 e. The molecule has 7 heteroatoms. The molecule has 0 saturated heterocycles. The minimum atomic E-state index is -3.82. The molecule has 0 atom stereocenters. The van der Waals surface area contributed by atoms with Crippen molar-refractivity contribution in [2.24, 2.45) is 0 Å². The molecule has 1 aromatic heterocycles. The number of hydrogen-bond donors (Lipinski definition) is 1. The molecular weight excluding hydrogens is 412 g/mol. The Kier molecular flexibility index (Phi) is 7.30. The quantitative estimate of drug-likeness (QED) is 0.507. The summed E-state index contributed by atoms with van der Waals surface area (Å²) < 4.78 is 34.1. The van der Waals surface area contributed by atoms with E-state index in [1.54, 1.807) is 44.4 Å².